The Morgan fingerprint density at radius 1 is 1.22 bits per heavy atom. The number of likely N-dealkylation sites (N-methyl/N-ethyl adjacent to an activating group) is 1. The third-order valence-corrected chi connectivity index (χ3v) is 3.88. The maximum Gasteiger partial charge on any atom is 0.179 e. The molecule has 2 heterocycles. The van der Waals surface area contributed by atoms with Crippen molar-refractivity contribution < 1.29 is 9.47 Å². The molecule has 18 heavy (non-hydrogen) atoms. The summed E-state index contributed by atoms with van der Waals surface area (Å²) < 4.78 is 11.1. The number of benzene rings is 1. The van der Waals surface area contributed by atoms with Crippen molar-refractivity contribution in [2.24, 2.45) is 0 Å². The first kappa shape index (κ1) is 11.8. The van der Waals surface area contributed by atoms with E-state index in [2.05, 4.69) is 56.1 Å². The lowest BCUT2D eigenvalue weighted by Crippen LogP contribution is -2.25. The number of para-hydroxylation sites is 1. The molecule has 1 aromatic rings. The molecule has 1 fully saturated rings. The minimum absolute atomic E-state index is 0.000648. The van der Waals surface area contributed by atoms with Gasteiger partial charge >= 0.3 is 0 Å². The summed E-state index contributed by atoms with van der Waals surface area (Å²) in [5.74, 6) is 0. The van der Waals surface area contributed by atoms with E-state index >= 15 is 0 Å². The molecule has 2 aliphatic heterocycles. The number of allylic oxidation sites excluding steroid dienone is 1. The zero-order valence-corrected chi connectivity index (χ0v) is 11.1. The third-order valence-electron chi connectivity index (χ3n) is 3.88. The van der Waals surface area contributed by atoms with Crippen LogP contribution in [0.2, 0.25) is 0 Å². The maximum atomic E-state index is 5.53. The zero-order chi connectivity index (χ0) is 12.8. The highest BCUT2D eigenvalue weighted by Crippen LogP contribution is 2.46. The molecule has 96 valence electrons. The van der Waals surface area contributed by atoms with Crippen LogP contribution in [-0.2, 0) is 14.9 Å². The molecule has 3 heteroatoms. The fraction of sp³-hybridized carbons (Fsp3) is 0.467. The van der Waals surface area contributed by atoms with Crippen molar-refractivity contribution in [1.29, 1.82) is 0 Å². The smallest absolute Gasteiger partial charge is 0.179 e. The van der Waals surface area contributed by atoms with Crippen molar-refractivity contribution >= 4 is 5.69 Å². The van der Waals surface area contributed by atoms with Crippen molar-refractivity contribution in [1.82, 2.24) is 0 Å². The molecule has 1 aromatic carbocycles. The Balaban J connectivity index is 2.02. The van der Waals surface area contributed by atoms with E-state index in [1.54, 1.807) is 0 Å². The quantitative estimate of drug-likeness (QED) is 0.759. The number of hydrogen-bond donors (Lipinski definition) is 0. The molecule has 3 rings (SSSR count). The molecule has 0 N–H and O–H groups in total. The van der Waals surface area contributed by atoms with Gasteiger partial charge in [-0.2, -0.15) is 0 Å². The largest absolute Gasteiger partial charge is 0.347 e. The van der Waals surface area contributed by atoms with Crippen molar-refractivity contribution in [3.05, 3.63) is 41.6 Å². The molecule has 0 radical (unpaired) electrons. The first-order valence-corrected chi connectivity index (χ1v) is 6.39. The normalized spacial score (nSPS) is 24.8. The molecule has 0 aliphatic carbocycles. The van der Waals surface area contributed by atoms with E-state index in [-0.39, 0.29) is 11.7 Å². The summed E-state index contributed by atoms with van der Waals surface area (Å²) in [5, 5.41) is 0. The van der Waals surface area contributed by atoms with Crippen molar-refractivity contribution in [3.8, 4) is 0 Å². The lowest BCUT2D eigenvalue weighted by Gasteiger charge is -2.25. The monoisotopic (exact) mass is 245 g/mol. The van der Waals surface area contributed by atoms with Crippen LogP contribution in [0.3, 0.4) is 0 Å². The summed E-state index contributed by atoms with van der Waals surface area (Å²) in [7, 11) is 2.11. The molecular formula is C15H19NO2. The van der Waals surface area contributed by atoms with E-state index in [0.717, 1.165) is 0 Å². The number of nitrogens with zero attached hydrogens (tertiary/aromatic N) is 1. The van der Waals surface area contributed by atoms with Gasteiger partial charge in [0.2, 0.25) is 0 Å². The Labute approximate surface area is 108 Å². The van der Waals surface area contributed by atoms with Crippen LogP contribution in [0.4, 0.5) is 5.69 Å². The Morgan fingerprint density at radius 2 is 1.89 bits per heavy atom. The van der Waals surface area contributed by atoms with Gasteiger partial charge in [-0.05, 0) is 17.7 Å². The average molecular weight is 245 g/mol. The Hall–Kier alpha value is -1.32. The van der Waals surface area contributed by atoms with E-state index in [9.17, 15) is 0 Å². The zero-order valence-electron chi connectivity index (χ0n) is 11.1. The fourth-order valence-corrected chi connectivity index (χ4v) is 2.90. The van der Waals surface area contributed by atoms with Crippen LogP contribution in [-0.4, -0.2) is 26.6 Å². The molecule has 0 spiro atoms. The van der Waals surface area contributed by atoms with Crippen molar-refractivity contribution in [2.45, 2.75) is 25.6 Å². The highest BCUT2D eigenvalue weighted by atomic mass is 16.7. The van der Waals surface area contributed by atoms with Gasteiger partial charge in [0.05, 0.1) is 13.2 Å². The van der Waals surface area contributed by atoms with E-state index in [1.165, 1.54) is 16.9 Å². The molecular weight excluding hydrogens is 226 g/mol. The Kier molecular flexibility index (Phi) is 2.68. The molecule has 1 saturated heterocycles. The van der Waals surface area contributed by atoms with Gasteiger partial charge in [0.1, 0.15) is 0 Å². The Morgan fingerprint density at radius 3 is 2.56 bits per heavy atom. The molecule has 2 aliphatic rings. The predicted molar refractivity (Wildman–Crippen MR) is 71.6 cm³/mol. The topological polar surface area (TPSA) is 21.7 Å². The second-order valence-electron chi connectivity index (χ2n) is 5.36. The molecule has 0 unspecified atom stereocenters. The Bertz CT molecular complexity index is 487. The van der Waals surface area contributed by atoms with Gasteiger partial charge in [-0.3, -0.25) is 0 Å². The molecule has 0 saturated carbocycles. The SMILES string of the molecule is CN1/C(=C/C2OCCO2)C(C)(C)c2ccccc21. The second kappa shape index (κ2) is 4.11. The van der Waals surface area contributed by atoms with Crippen LogP contribution in [0.1, 0.15) is 19.4 Å². The third kappa shape index (κ3) is 1.66. The van der Waals surface area contributed by atoms with Gasteiger partial charge in [0, 0.05) is 23.8 Å². The molecule has 0 atom stereocenters. The second-order valence-corrected chi connectivity index (χ2v) is 5.36. The van der Waals surface area contributed by atoms with Gasteiger partial charge in [0.15, 0.2) is 6.29 Å². The molecule has 3 nitrogen and oxygen atoms in total. The number of hydrogen-bond acceptors (Lipinski definition) is 3. The van der Waals surface area contributed by atoms with Gasteiger partial charge in [-0.15, -0.1) is 0 Å². The summed E-state index contributed by atoms with van der Waals surface area (Å²) >= 11 is 0. The van der Waals surface area contributed by atoms with Gasteiger partial charge in [-0.25, -0.2) is 0 Å². The minimum atomic E-state index is -0.198. The van der Waals surface area contributed by atoms with Gasteiger partial charge < -0.3 is 14.4 Å². The first-order chi connectivity index (χ1) is 8.60. The molecule has 0 aromatic heterocycles. The molecule has 0 amide bonds. The summed E-state index contributed by atoms with van der Waals surface area (Å²) in [5.41, 5.74) is 3.87. The van der Waals surface area contributed by atoms with Gasteiger partial charge in [0.25, 0.3) is 0 Å². The number of rotatable bonds is 1. The van der Waals surface area contributed by atoms with Crippen LogP contribution >= 0.6 is 0 Å². The van der Waals surface area contributed by atoms with Crippen LogP contribution in [0.15, 0.2) is 36.0 Å². The number of fused-ring (bicyclic) bond motifs is 1. The minimum Gasteiger partial charge on any atom is -0.347 e. The van der Waals surface area contributed by atoms with Crippen LogP contribution < -0.4 is 4.90 Å². The highest BCUT2D eigenvalue weighted by Gasteiger charge is 2.38. The summed E-state index contributed by atoms with van der Waals surface area (Å²) in [6.07, 6.45) is 1.91. The average Bonchev–Trinajstić information content (AvgIpc) is 2.93. The van der Waals surface area contributed by atoms with Crippen LogP contribution in [0.5, 0.6) is 0 Å². The lowest BCUT2D eigenvalue weighted by molar-refractivity contribution is -0.00261. The highest BCUT2D eigenvalue weighted by molar-refractivity contribution is 5.69. The lowest BCUT2D eigenvalue weighted by atomic mass is 9.84. The maximum absolute atomic E-state index is 5.53. The van der Waals surface area contributed by atoms with Crippen molar-refractivity contribution in [2.75, 3.05) is 25.2 Å². The van der Waals surface area contributed by atoms with Gasteiger partial charge in [-0.1, -0.05) is 32.0 Å². The fourth-order valence-electron chi connectivity index (χ4n) is 2.90. The first-order valence-electron chi connectivity index (χ1n) is 6.39. The number of anilines is 1. The summed E-state index contributed by atoms with van der Waals surface area (Å²) in [6, 6.07) is 8.54. The van der Waals surface area contributed by atoms with E-state index in [0.29, 0.717) is 13.2 Å². The summed E-state index contributed by atoms with van der Waals surface area (Å²) in [6.45, 7) is 5.86. The van der Waals surface area contributed by atoms with E-state index < -0.39 is 0 Å². The standard InChI is InChI=1S/C15H19NO2/c1-15(2)11-6-4-5-7-12(11)16(3)13(15)10-14-17-8-9-18-14/h4-7,10,14H,8-9H2,1-3H3/b13-10+. The summed E-state index contributed by atoms with van der Waals surface area (Å²) in [4.78, 5) is 2.24. The predicted octanol–water partition coefficient (Wildman–Crippen LogP) is 2.67. The number of ether oxygens (including phenoxy) is 2. The van der Waals surface area contributed by atoms with Crippen LogP contribution in [0.25, 0.3) is 0 Å². The van der Waals surface area contributed by atoms with E-state index in [4.69, 9.17) is 9.47 Å². The van der Waals surface area contributed by atoms with Crippen molar-refractivity contribution in [3.63, 3.8) is 0 Å². The van der Waals surface area contributed by atoms with E-state index in [1.807, 2.05) is 0 Å². The molecule has 0 bridgehead atoms. The van der Waals surface area contributed by atoms with Crippen LogP contribution in [0, 0.1) is 0 Å².